The molecular formula is C20H24N2O2. The number of benzene rings is 2. The zero-order chi connectivity index (χ0) is 16.6. The van der Waals surface area contributed by atoms with Crippen LogP contribution in [0.15, 0.2) is 60.7 Å². The minimum Gasteiger partial charge on any atom is -0.449 e. The number of anilines is 1. The molecule has 0 spiro atoms. The molecule has 1 aliphatic heterocycles. The van der Waals surface area contributed by atoms with Gasteiger partial charge in [0.1, 0.15) is 0 Å². The van der Waals surface area contributed by atoms with Crippen molar-refractivity contribution in [2.45, 2.75) is 19.4 Å². The Morgan fingerprint density at radius 2 is 1.62 bits per heavy atom. The lowest BCUT2D eigenvalue weighted by Crippen LogP contribution is -2.35. The highest BCUT2D eigenvalue weighted by Crippen LogP contribution is 2.19. The van der Waals surface area contributed by atoms with Gasteiger partial charge in [-0.2, -0.15) is 0 Å². The molecule has 2 aromatic rings. The third-order valence-electron chi connectivity index (χ3n) is 4.43. The maximum atomic E-state index is 11.8. The van der Waals surface area contributed by atoms with Crippen LogP contribution in [0.4, 0.5) is 10.5 Å². The Balaban J connectivity index is 1.36. The molecule has 24 heavy (non-hydrogen) atoms. The molecular weight excluding hydrogens is 300 g/mol. The van der Waals surface area contributed by atoms with Gasteiger partial charge in [0.2, 0.25) is 0 Å². The summed E-state index contributed by atoms with van der Waals surface area (Å²) in [7, 11) is 0. The first-order chi connectivity index (χ1) is 11.8. The van der Waals surface area contributed by atoms with Crippen LogP contribution >= 0.6 is 0 Å². The summed E-state index contributed by atoms with van der Waals surface area (Å²) >= 11 is 0. The van der Waals surface area contributed by atoms with Crippen molar-refractivity contribution in [1.29, 1.82) is 0 Å². The number of carbonyl (C=O) groups is 1. The van der Waals surface area contributed by atoms with Gasteiger partial charge in [-0.1, -0.05) is 48.5 Å². The number of hydrogen-bond acceptors (Lipinski definition) is 3. The highest BCUT2D eigenvalue weighted by atomic mass is 16.5. The largest absolute Gasteiger partial charge is 0.449 e. The van der Waals surface area contributed by atoms with E-state index >= 15 is 0 Å². The van der Waals surface area contributed by atoms with E-state index in [0.29, 0.717) is 12.5 Å². The summed E-state index contributed by atoms with van der Waals surface area (Å²) in [6, 6.07) is 19.9. The Bertz CT molecular complexity index is 623. The van der Waals surface area contributed by atoms with Gasteiger partial charge in [0.25, 0.3) is 0 Å². The van der Waals surface area contributed by atoms with Gasteiger partial charge in [0.05, 0.1) is 6.61 Å². The maximum Gasteiger partial charge on any atom is 0.411 e. The highest BCUT2D eigenvalue weighted by Gasteiger charge is 2.20. The second-order valence-electron chi connectivity index (χ2n) is 6.29. The smallest absolute Gasteiger partial charge is 0.411 e. The molecule has 0 aliphatic carbocycles. The molecule has 3 rings (SSSR count). The molecule has 1 aliphatic rings. The summed E-state index contributed by atoms with van der Waals surface area (Å²) in [6.45, 7) is 3.62. The van der Waals surface area contributed by atoms with E-state index in [1.54, 1.807) is 0 Å². The number of nitrogens with zero attached hydrogens (tertiary/aromatic N) is 1. The third-order valence-corrected chi connectivity index (χ3v) is 4.43. The van der Waals surface area contributed by atoms with Gasteiger partial charge in [-0.3, -0.25) is 10.2 Å². The molecule has 0 atom stereocenters. The van der Waals surface area contributed by atoms with Gasteiger partial charge in [0.15, 0.2) is 0 Å². The number of hydrogen-bond donors (Lipinski definition) is 1. The molecule has 0 unspecified atom stereocenters. The molecule has 1 N–H and O–H groups in total. The molecule has 0 aromatic heterocycles. The van der Waals surface area contributed by atoms with E-state index in [0.717, 1.165) is 38.2 Å². The van der Waals surface area contributed by atoms with Crippen LogP contribution in [0.5, 0.6) is 0 Å². The van der Waals surface area contributed by atoms with Gasteiger partial charge in [-0.15, -0.1) is 0 Å². The van der Waals surface area contributed by atoms with Crippen molar-refractivity contribution in [2.24, 2.45) is 5.92 Å². The third kappa shape index (κ3) is 5.10. The van der Waals surface area contributed by atoms with Gasteiger partial charge < -0.3 is 4.74 Å². The van der Waals surface area contributed by atoms with Crippen LogP contribution in [0, 0.1) is 5.92 Å². The van der Waals surface area contributed by atoms with Crippen molar-refractivity contribution in [3.8, 4) is 0 Å². The van der Waals surface area contributed by atoms with Crippen LogP contribution in [0.2, 0.25) is 0 Å². The number of nitrogens with one attached hydrogen (secondary N) is 1. The summed E-state index contributed by atoms with van der Waals surface area (Å²) in [5, 5.41) is 2.75. The molecule has 1 heterocycles. The normalized spacial score (nSPS) is 15.8. The van der Waals surface area contributed by atoms with Crippen molar-refractivity contribution in [3.05, 3.63) is 66.2 Å². The van der Waals surface area contributed by atoms with E-state index in [4.69, 9.17) is 4.74 Å². The first-order valence-electron chi connectivity index (χ1n) is 8.55. The number of ether oxygens (including phenoxy) is 1. The number of carbonyl (C=O) groups excluding carboxylic acids is 1. The predicted molar refractivity (Wildman–Crippen MR) is 95.9 cm³/mol. The topological polar surface area (TPSA) is 41.6 Å². The molecule has 126 valence electrons. The van der Waals surface area contributed by atoms with Crippen LogP contribution in [-0.4, -0.2) is 30.7 Å². The van der Waals surface area contributed by atoms with Gasteiger partial charge >= 0.3 is 6.09 Å². The van der Waals surface area contributed by atoms with Gasteiger partial charge in [-0.05, 0) is 49.5 Å². The number of para-hydroxylation sites is 1. The van der Waals surface area contributed by atoms with Crippen molar-refractivity contribution >= 4 is 11.8 Å². The van der Waals surface area contributed by atoms with E-state index < -0.39 is 0 Å². The second-order valence-corrected chi connectivity index (χ2v) is 6.29. The molecule has 0 radical (unpaired) electrons. The lowest BCUT2D eigenvalue weighted by molar-refractivity contribution is 0.103. The van der Waals surface area contributed by atoms with Crippen LogP contribution in [0.1, 0.15) is 18.4 Å². The highest BCUT2D eigenvalue weighted by molar-refractivity contribution is 5.84. The van der Waals surface area contributed by atoms with Crippen LogP contribution < -0.4 is 5.32 Å². The van der Waals surface area contributed by atoms with Crippen molar-refractivity contribution in [3.63, 3.8) is 0 Å². The molecule has 4 nitrogen and oxygen atoms in total. The average molecular weight is 324 g/mol. The summed E-state index contributed by atoms with van der Waals surface area (Å²) in [4.78, 5) is 14.3. The van der Waals surface area contributed by atoms with E-state index in [9.17, 15) is 4.79 Å². The fourth-order valence-corrected chi connectivity index (χ4v) is 3.02. The summed E-state index contributed by atoms with van der Waals surface area (Å²) in [5.74, 6) is 0.457. The van der Waals surface area contributed by atoms with Crippen LogP contribution in [0.25, 0.3) is 0 Å². The summed E-state index contributed by atoms with van der Waals surface area (Å²) in [5.41, 5.74) is 2.12. The van der Waals surface area contributed by atoms with Crippen molar-refractivity contribution in [2.75, 3.05) is 25.0 Å². The Morgan fingerprint density at radius 3 is 2.29 bits per heavy atom. The quantitative estimate of drug-likeness (QED) is 0.898. The van der Waals surface area contributed by atoms with E-state index in [-0.39, 0.29) is 6.09 Å². The molecule has 1 amide bonds. The van der Waals surface area contributed by atoms with Crippen molar-refractivity contribution in [1.82, 2.24) is 4.90 Å². The van der Waals surface area contributed by atoms with Crippen molar-refractivity contribution < 1.29 is 9.53 Å². The Morgan fingerprint density at radius 1 is 1.00 bits per heavy atom. The van der Waals surface area contributed by atoms with Crippen LogP contribution in [-0.2, 0) is 11.3 Å². The number of likely N-dealkylation sites (tertiary alicyclic amines) is 1. The minimum atomic E-state index is -0.368. The van der Waals surface area contributed by atoms with Crippen LogP contribution in [0.3, 0.4) is 0 Å². The number of rotatable bonds is 5. The first kappa shape index (κ1) is 16.5. The molecule has 2 aromatic carbocycles. The Labute approximate surface area is 143 Å². The summed E-state index contributed by atoms with van der Waals surface area (Å²) in [6.07, 6.45) is 1.78. The standard InChI is InChI=1S/C20H24N2O2/c23-20(21-19-9-5-2-6-10-19)24-16-18-11-13-22(14-12-18)15-17-7-3-1-4-8-17/h1-10,18H,11-16H2,(H,21,23). The maximum absolute atomic E-state index is 11.8. The van der Waals surface area contributed by atoms with E-state index in [1.165, 1.54) is 5.56 Å². The fraction of sp³-hybridized carbons (Fsp3) is 0.350. The van der Waals surface area contributed by atoms with E-state index in [2.05, 4.69) is 34.5 Å². The Kier molecular flexibility index (Phi) is 5.85. The second kappa shape index (κ2) is 8.50. The molecule has 0 saturated carbocycles. The number of piperidine rings is 1. The molecule has 0 bridgehead atoms. The zero-order valence-corrected chi connectivity index (χ0v) is 13.9. The molecule has 1 saturated heterocycles. The number of amides is 1. The average Bonchev–Trinajstić information content (AvgIpc) is 2.63. The monoisotopic (exact) mass is 324 g/mol. The van der Waals surface area contributed by atoms with E-state index in [1.807, 2.05) is 36.4 Å². The lowest BCUT2D eigenvalue weighted by atomic mass is 9.97. The first-order valence-corrected chi connectivity index (χ1v) is 8.55. The minimum absolute atomic E-state index is 0.368. The SMILES string of the molecule is O=C(Nc1ccccc1)OCC1CCN(Cc2ccccc2)CC1. The predicted octanol–water partition coefficient (Wildman–Crippen LogP) is 4.15. The Hall–Kier alpha value is -2.33. The fourth-order valence-electron chi connectivity index (χ4n) is 3.02. The summed E-state index contributed by atoms with van der Waals surface area (Å²) < 4.78 is 5.37. The van der Waals surface area contributed by atoms with Gasteiger partial charge in [0, 0.05) is 12.2 Å². The zero-order valence-electron chi connectivity index (χ0n) is 13.9. The van der Waals surface area contributed by atoms with Gasteiger partial charge in [-0.25, -0.2) is 4.79 Å². The molecule has 4 heteroatoms. The lowest BCUT2D eigenvalue weighted by Gasteiger charge is -2.31. The molecule has 1 fully saturated rings.